The highest BCUT2D eigenvalue weighted by atomic mass is 16.5. The maximum absolute atomic E-state index is 14.1. The molecular formula is C36H46O2. The van der Waals surface area contributed by atoms with Gasteiger partial charge in [-0.2, -0.15) is 0 Å². The summed E-state index contributed by atoms with van der Waals surface area (Å²) >= 11 is 0. The van der Waals surface area contributed by atoms with Gasteiger partial charge in [0.25, 0.3) is 0 Å². The Kier molecular flexibility index (Phi) is 7.98. The highest BCUT2D eigenvalue weighted by Crippen LogP contribution is 2.48. The van der Waals surface area contributed by atoms with Gasteiger partial charge in [0.2, 0.25) is 0 Å². The molecule has 38 heavy (non-hydrogen) atoms. The number of carbonyl (C=O) groups excluding carboxylic acids is 1. The molecule has 5 rings (SSSR count). The molecule has 0 radical (unpaired) electrons. The Morgan fingerprint density at radius 2 is 1.55 bits per heavy atom. The molecule has 3 aliphatic carbocycles. The van der Waals surface area contributed by atoms with Crippen molar-refractivity contribution in [3.05, 3.63) is 81.9 Å². The van der Waals surface area contributed by atoms with E-state index in [2.05, 4.69) is 76.2 Å². The molecule has 2 aromatic rings. The first kappa shape index (κ1) is 27.0. The number of rotatable bonds is 6. The minimum atomic E-state index is -0.00312. The predicted octanol–water partition coefficient (Wildman–Crippen LogP) is 9.68. The molecule has 2 nitrogen and oxygen atoms in total. The molecule has 0 aromatic heterocycles. The van der Waals surface area contributed by atoms with Crippen LogP contribution in [0.4, 0.5) is 0 Å². The van der Waals surface area contributed by atoms with E-state index in [0.717, 1.165) is 36.1 Å². The maximum Gasteiger partial charge on any atom is 0.166 e. The van der Waals surface area contributed by atoms with Crippen LogP contribution < -0.4 is 4.74 Å². The third-order valence-electron chi connectivity index (χ3n) is 9.69. The van der Waals surface area contributed by atoms with Gasteiger partial charge in [0, 0.05) is 22.6 Å². The smallest absolute Gasteiger partial charge is 0.166 e. The summed E-state index contributed by atoms with van der Waals surface area (Å²) in [4.78, 5) is 14.1. The fourth-order valence-corrected chi connectivity index (χ4v) is 7.35. The van der Waals surface area contributed by atoms with E-state index in [4.69, 9.17) is 4.74 Å². The molecule has 0 spiro atoms. The summed E-state index contributed by atoms with van der Waals surface area (Å²) in [6.07, 6.45) is 17.5. The van der Waals surface area contributed by atoms with Crippen LogP contribution in [-0.4, -0.2) is 5.78 Å². The van der Waals surface area contributed by atoms with E-state index in [9.17, 15) is 4.79 Å². The monoisotopic (exact) mass is 510 g/mol. The van der Waals surface area contributed by atoms with E-state index in [1.165, 1.54) is 73.6 Å². The molecule has 2 saturated carbocycles. The molecule has 2 aromatic carbocycles. The molecule has 2 heteroatoms. The van der Waals surface area contributed by atoms with E-state index < -0.39 is 0 Å². The lowest BCUT2D eigenvalue weighted by Gasteiger charge is -2.41. The van der Waals surface area contributed by atoms with E-state index >= 15 is 0 Å². The van der Waals surface area contributed by atoms with Crippen molar-refractivity contribution in [2.24, 2.45) is 11.3 Å². The van der Waals surface area contributed by atoms with Gasteiger partial charge in [-0.15, -0.1) is 0 Å². The van der Waals surface area contributed by atoms with E-state index in [1.54, 1.807) is 0 Å². The second-order valence-corrected chi connectivity index (χ2v) is 13.0. The van der Waals surface area contributed by atoms with Crippen molar-refractivity contribution in [1.82, 2.24) is 0 Å². The number of ether oxygens (including phenoxy) is 1. The zero-order valence-electron chi connectivity index (χ0n) is 24.1. The Hall–Kier alpha value is -2.61. The van der Waals surface area contributed by atoms with Gasteiger partial charge in [0.1, 0.15) is 12.4 Å². The van der Waals surface area contributed by atoms with E-state index in [0.29, 0.717) is 12.4 Å². The van der Waals surface area contributed by atoms with Crippen LogP contribution in [0.25, 0.3) is 6.08 Å². The number of benzene rings is 2. The van der Waals surface area contributed by atoms with Crippen LogP contribution in [0.1, 0.15) is 114 Å². The summed E-state index contributed by atoms with van der Waals surface area (Å²) in [7, 11) is 0. The topological polar surface area (TPSA) is 26.3 Å². The zero-order chi connectivity index (χ0) is 26.8. The average Bonchev–Trinajstić information content (AvgIpc) is 2.91. The number of hydrogen-bond acceptors (Lipinski definition) is 2. The molecule has 202 valence electrons. The zero-order valence-corrected chi connectivity index (χ0v) is 24.1. The van der Waals surface area contributed by atoms with Crippen LogP contribution in [-0.2, 0) is 16.8 Å². The lowest BCUT2D eigenvalue weighted by molar-refractivity contribution is -0.122. The summed E-state index contributed by atoms with van der Waals surface area (Å²) < 4.78 is 6.72. The predicted molar refractivity (Wildman–Crippen MR) is 158 cm³/mol. The standard InChI is InChI=1S/C36H46O2/c1-26-20-29(33(37)31(22-26)35(3)16-10-6-11-17-35)24-30-21-27(2)23-32(36(4)18-12-7-13-19-36)34(30)38-25-28-14-8-5-9-15-28/h5,8-9,14-15,21-24,31H,6-7,10-13,16-20,25H2,1-4H3. The second kappa shape index (κ2) is 11.2. The van der Waals surface area contributed by atoms with Gasteiger partial charge < -0.3 is 4.74 Å². The Balaban J connectivity index is 1.56. The minimum Gasteiger partial charge on any atom is -0.488 e. The Morgan fingerprint density at radius 3 is 2.24 bits per heavy atom. The molecule has 0 aliphatic heterocycles. The van der Waals surface area contributed by atoms with Crippen molar-refractivity contribution >= 4 is 11.9 Å². The lowest BCUT2D eigenvalue weighted by atomic mass is 9.63. The largest absolute Gasteiger partial charge is 0.488 e. The van der Waals surface area contributed by atoms with Crippen molar-refractivity contribution in [3.63, 3.8) is 0 Å². The summed E-state index contributed by atoms with van der Waals surface area (Å²) in [6.45, 7) is 9.71. The highest BCUT2D eigenvalue weighted by Gasteiger charge is 2.41. The Morgan fingerprint density at radius 1 is 0.895 bits per heavy atom. The number of aryl methyl sites for hydroxylation is 1. The van der Waals surface area contributed by atoms with Gasteiger partial charge in [-0.25, -0.2) is 0 Å². The van der Waals surface area contributed by atoms with Crippen LogP contribution in [0.3, 0.4) is 0 Å². The van der Waals surface area contributed by atoms with E-state index in [1.807, 2.05) is 6.07 Å². The first-order chi connectivity index (χ1) is 18.3. The normalized spacial score (nSPS) is 24.2. The number of ketones is 1. The van der Waals surface area contributed by atoms with Crippen LogP contribution >= 0.6 is 0 Å². The summed E-state index contributed by atoms with van der Waals surface area (Å²) in [5.74, 6) is 1.31. The number of hydrogen-bond donors (Lipinski definition) is 0. The molecule has 2 fully saturated rings. The summed E-state index contributed by atoms with van der Waals surface area (Å²) in [5, 5.41) is 0. The van der Waals surface area contributed by atoms with Gasteiger partial charge in [0.05, 0.1) is 0 Å². The average molecular weight is 511 g/mol. The first-order valence-electron chi connectivity index (χ1n) is 15.0. The van der Waals surface area contributed by atoms with Crippen LogP contribution in [0.5, 0.6) is 5.75 Å². The first-order valence-corrected chi connectivity index (χ1v) is 15.0. The second-order valence-electron chi connectivity index (χ2n) is 13.0. The van der Waals surface area contributed by atoms with Crippen LogP contribution in [0, 0.1) is 18.3 Å². The number of carbonyl (C=O) groups is 1. The third kappa shape index (κ3) is 5.70. The Bertz CT molecular complexity index is 1200. The Labute approximate surface area is 230 Å². The van der Waals surface area contributed by atoms with Crippen molar-refractivity contribution in [3.8, 4) is 5.75 Å². The summed E-state index contributed by atoms with van der Waals surface area (Å²) in [5.41, 5.74) is 7.29. The van der Waals surface area contributed by atoms with Crippen molar-refractivity contribution in [2.45, 2.75) is 110 Å². The molecule has 0 heterocycles. The number of allylic oxidation sites excluding steroid dienone is 3. The van der Waals surface area contributed by atoms with Crippen molar-refractivity contribution in [1.29, 1.82) is 0 Å². The van der Waals surface area contributed by atoms with Crippen LogP contribution in [0.2, 0.25) is 0 Å². The molecule has 0 saturated heterocycles. The fraction of sp³-hybridized carbons (Fsp3) is 0.528. The molecule has 0 amide bonds. The number of Topliss-reactive ketones (excluding diaryl/α,β-unsaturated/α-hetero) is 1. The molecule has 3 aliphatic rings. The lowest BCUT2D eigenvalue weighted by Crippen LogP contribution is -2.36. The van der Waals surface area contributed by atoms with Gasteiger partial charge in [0.15, 0.2) is 5.78 Å². The van der Waals surface area contributed by atoms with Crippen molar-refractivity contribution < 1.29 is 9.53 Å². The molecule has 0 bridgehead atoms. The molecule has 1 atom stereocenters. The van der Waals surface area contributed by atoms with Gasteiger partial charge in [-0.05, 0) is 80.1 Å². The highest BCUT2D eigenvalue weighted by molar-refractivity contribution is 6.04. The quantitative estimate of drug-likeness (QED) is 0.285. The SMILES string of the molecule is CC1=CC(C2(C)CCCCC2)C(=O)C(=Cc2cc(C)cc(C3(C)CCCCC3)c2OCc2ccccc2)C1. The molecule has 1 unspecified atom stereocenters. The molecule has 0 N–H and O–H groups in total. The fourth-order valence-electron chi connectivity index (χ4n) is 7.35. The van der Waals surface area contributed by atoms with E-state index in [-0.39, 0.29) is 16.7 Å². The van der Waals surface area contributed by atoms with Gasteiger partial charge in [-0.1, -0.05) is 100 Å². The molecular weight excluding hydrogens is 464 g/mol. The van der Waals surface area contributed by atoms with Crippen molar-refractivity contribution in [2.75, 3.05) is 0 Å². The van der Waals surface area contributed by atoms with Gasteiger partial charge >= 0.3 is 0 Å². The maximum atomic E-state index is 14.1. The van der Waals surface area contributed by atoms with Gasteiger partial charge in [-0.3, -0.25) is 4.79 Å². The minimum absolute atomic E-state index is 0.00312. The third-order valence-corrected chi connectivity index (χ3v) is 9.69. The summed E-state index contributed by atoms with van der Waals surface area (Å²) in [6, 6.07) is 15.0. The van der Waals surface area contributed by atoms with Crippen LogP contribution in [0.15, 0.2) is 59.7 Å².